The highest BCUT2D eigenvalue weighted by Crippen LogP contribution is 2.49. The van der Waals surface area contributed by atoms with E-state index in [1.165, 1.54) is 0 Å². The van der Waals surface area contributed by atoms with Crippen LogP contribution < -0.4 is 10.2 Å². The lowest BCUT2D eigenvalue weighted by atomic mass is 9.96. The van der Waals surface area contributed by atoms with E-state index in [0.29, 0.717) is 28.0 Å². The quantitative estimate of drug-likeness (QED) is 0.342. The van der Waals surface area contributed by atoms with Gasteiger partial charge in [0.15, 0.2) is 0 Å². The highest BCUT2D eigenvalue weighted by Gasteiger charge is 2.53. The van der Waals surface area contributed by atoms with Gasteiger partial charge >= 0.3 is 5.97 Å². The van der Waals surface area contributed by atoms with Crippen molar-refractivity contribution < 1.29 is 13.9 Å². The largest absolute Gasteiger partial charge is 0.460 e. The highest BCUT2D eigenvalue weighted by molar-refractivity contribution is 5.89. The van der Waals surface area contributed by atoms with Crippen molar-refractivity contribution >= 4 is 16.9 Å². The predicted molar refractivity (Wildman–Crippen MR) is 116 cm³/mol. The number of hydrogen-bond donors (Lipinski definition) is 0. The third-order valence-corrected chi connectivity index (χ3v) is 5.78. The average Bonchev–Trinajstić information content (AvgIpc) is 3.57. The van der Waals surface area contributed by atoms with Gasteiger partial charge in [0, 0.05) is 6.07 Å². The fraction of sp³-hybridized carbons (Fsp3) is 0.154. The molecule has 148 valence electrons. The Kier molecular flexibility index (Phi) is 4.28. The molecule has 1 aliphatic carbocycles. The van der Waals surface area contributed by atoms with Gasteiger partial charge in [-0.2, -0.15) is 0 Å². The van der Waals surface area contributed by atoms with Crippen molar-refractivity contribution in [2.45, 2.75) is 25.2 Å². The van der Waals surface area contributed by atoms with E-state index >= 15 is 0 Å². The standard InChI is InChI=1S/C26H20O4/c1-17-23(18-8-4-2-5-9-18)24(27)21-13-12-20(16-22(21)29-17)30-25(28)26(14-15-26)19-10-6-3-7-11-19/h2-13,16H,14-15H2,1H3. The lowest BCUT2D eigenvalue weighted by Gasteiger charge is -2.15. The van der Waals surface area contributed by atoms with Crippen molar-refractivity contribution in [3.05, 3.63) is 100 Å². The van der Waals surface area contributed by atoms with E-state index in [4.69, 9.17) is 9.15 Å². The van der Waals surface area contributed by atoms with Gasteiger partial charge in [0.2, 0.25) is 5.43 Å². The summed E-state index contributed by atoms with van der Waals surface area (Å²) in [7, 11) is 0. The van der Waals surface area contributed by atoms with E-state index in [2.05, 4.69) is 0 Å². The first-order valence-electron chi connectivity index (χ1n) is 9.99. The minimum absolute atomic E-state index is 0.0965. The molecule has 1 aliphatic rings. The third-order valence-electron chi connectivity index (χ3n) is 5.78. The first-order valence-corrected chi connectivity index (χ1v) is 9.99. The van der Waals surface area contributed by atoms with E-state index in [1.807, 2.05) is 60.7 Å². The molecule has 1 heterocycles. The molecule has 0 saturated heterocycles. The fourth-order valence-electron chi connectivity index (χ4n) is 3.99. The second kappa shape index (κ2) is 6.99. The molecule has 0 aliphatic heterocycles. The Hall–Kier alpha value is -3.66. The van der Waals surface area contributed by atoms with Gasteiger partial charge in [0.25, 0.3) is 0 Å². The summed E-state index contributed by atoms with van der Waals surface area (Å²) in [6, 6.07) is 24.1. The van der Waals surface area contributed by atoms with Gasteiger partial charge in [-0.3, -0.25) is 9.59 Å². The van der Waals surface area contributed by atoms with Gasteiger partial charge in [-0.25, -0.2) is 0 Å². The molecule has 0 amide bonds. The Morgan fingerprint density at radius 3 is 2.27 bits per heavy atom. The Bertz CT molecular complexity index is 1300. The maximum absolute atomic E-state index is 13.1. The molecule has 3 aromatic carbocycles. The first kappa shape index (κ1) is 18.4. The molecule has 30 heavy (non-hydrogen) atoms. The van der Waals surface area contributed by atoms with E-state index in [1.54, 1.807) is 25.1 Å². The lowest BCUT2D eigenvalue weighted by molar-refractivity contribution is -0.137. The van der Waals surface area contributed by atoms with Crippen LogP contribution in [0.3, 0.4) is 0 Å². The second-order valence-electron chi connectivity index (χ2n) is 7.72. The fourth-order valence-corrected chi connectivity index (χ4v) is 3.99. The van der Waals surface area contributed by atoms with Gasteiger partial charge in [-0.15, -0.1) is 0 Å². The van der Waals surface area contributed by atoms with Crippen LogP contribution in [0.1, 0.15) is 24.2 Å². The summed E-state index contributed by atoms with van der Waals surface area (Å²) in [5.74, 6) is 0.642. The summed E-state index contributed by atoms with van der Waals surface area (Å²) in [5, 5.41) is 0.462. The number of benzene rings is 3. The number of esters is 1. The first-order chi connectivity index (χ1) is 14.6. The molecule has 1 fully saturated rings. The molecule has 4 aromatic rings. The average molecular weight is 396 g/mol. The summed E-state index contributed by atoms with van der Waals surface area (Å²) in [6.45, 7) is 1.77. The van der Waals surface area contributed by atoms with E-state index < -0.39 is 5.41 Å². The van der Waals surface area contributed by atoms with Gasteiger partial charge in [-0.05, 0) is 43.0 Å². The molecule has 4 heteroatoms. The van der Waals surface area contributed by atoms with Crippen LogP contribution >= 0.6 is 0 Å². The van der Waals surface area contributed by atoms with Gasteiger partial charge < -0.3 is 9.15 Å². The monoisotopic (exact) mass is 396 g/mol. The molecular formula is C26H20O4. The van der Waals surface area contributed by atoms with E-state index in [9.17, 15) is 9.59 Å². The van der Waals surface area contributed by atoms with Crippen LogP contribution in [0, 0.1) is 6.92 Å². The van der Waals surface area contributed by atoms with Crippen molar-refractivity contribution in [1.82, 2.24) is 0 Å². The number of ether oxygens (including phenoxy) is 1. The van der Waals surface area contributed by atoms with Crippen LogP contribution in [0.5, 0.6) is 5.75 Å². The topological polar surface area (TPSA) is 56.5 Å². The molecule has 0 unspecified atom stereocenters. The number of carbonyl (C=O) groups is 1. The minimum Gasteiger partial charge on any atom is -0.460 e. The van der Waals surface area contributed by atoms with Gasteiger partial charge in [0.1, 0.15) is 17.1 Å². The molecule has 0 spiro atoms. The molecule has 0 bridgehead atoms. The maximum atomic E-state index is 13.1. The second-order valence-corrected chi connectivity index (χ2v) is 7.72. The van der Waals surface area contributed by atoms with E-state index in [-0.39, 0.29) is 11.4 Å². The molecule has 0 atom stereocenters. The van der Waals surface area contributed by atoms with Crippen LogP contribution in [0.15, 0.2) is 88.1 Å². The predicted octanol–water partition coefficient (Wildman–Crippen LogP) is 5.41. The molecule has 0 radical (unpaired) electrons. The maximum Gasteiger partial charge on any atom is 0.321 e. The molecular weight excluding hydrogens is 376 g/mol. The van der Waals surface area contributed by atoms with Crippen molar-refractivity contribution in [2.24, 2.45) is 0 Å². The molecule has 4 nitrogen and oxygen atoms in total. The van der Waals surface area contributed by atoms with Crippen LogP contribution in [0.25, 0.3) is 22.1 Å². The summed E-state index contributed by atoms with van der Waals surface area (Å²) in [6.07, 6.45) is 1.55. The van der Waals surface area contributed by atoms with Crippen LogP contribution in [0.4, 0.5) is 0 Å². The molecule has 1 aromatic heterocycles. The number of rotatable bonds is 4. The van der Waals surface area contributed by atoms with Gasteiger partial charge in [0.05, 0.1) is 16.4 Å². The number of aryl methyl sites for hydroxylation is 1. The Morgan fingerprint density at radius 1 is 0.933 bits per heavy atom. The summed E-state index contributed by atoms with van der Waals surface area (Å²) < 4.78 is 11.6. The Morgan fingerprint density at radius 2 is 1.60 bits per heavy atom. The molecule has 0 N–H and O–H groups in total. The smallest absolute Gasteiger partial charge is 0.321 e. The third kappa shape index (κ3) is 3.01. The SMILES string of the molecule is Cc1oc2cc(OC(=O)C3(c4ccccc4)CC3)ccc2c(=O)c1-c1ccccc1. The van der Waals surface area contributed by atoms with Crippen LogP contribution in [-0.2, 0) is 10.2 Å². The summed E-state index contributed by atoms with van der Waals surface area (Å²) in [4.78, 5) is 26.0. The number of hydrogen-bond acceptors (Lipinski definition) is 4. The normalized spacial score (nSPS) is 14.4. The lowest BCUT2D eigenvalue weighted by Crippen LogP contribution is -2.25. The zero-order chi connectivity index (χ0) is 20.7. The summed E-state index contributed by atoms with van der Waals surface area (Å²) in [5.41, 5.74) is 2.09. The van der Waals surface area contributed by atoms with Crippen LogP contribution in [0.2, 0.25) is 0 Å². The minimum atomic E-state index is -0.565. The number of fused-ring (bicyclic) bond motifs is 1. The Balaban J connectivity index is 1.49. The van der Waals surface area contributed by atoms with Gasteiger partial charge in [-0.1, -0.05) is 60.7 Å². The summed E-state index contributed by atoms with van der Waals surface area (Å²) >= 11 is 0. The zero-order valence-corrected chi connectivity index (χ0v) is 16.6. The zero-order valence-electron chi connectivity index (χ0n) is 16.6. The number of carbonyl (C=O) groups excluding carboxylic acids is 1. The molecule has 1 saturated carbocycles. The van der Waals surface area contributed by atoms with Crippen molar-refractivity contribution in [3.63, 3.8) is 0 Å². The van der Waals surface area contributed by atoms with Crippen LogP contribution in [-0.4, -0.2) is 5.97 Å². The highest BCUT2D eigenvalue weighted by atomic mass is 16.5. The van der Waals surface area contributed by atoms with Crippen molar-refractivity contribution in [2.75, 3.05) is 0 Å². The van der Waals surface area contributed by atoms with E-state index in [0.717, 1.165) is 24.0 Å². The Labute approximate surface area is 173 Å². The van der Waals surface area contributed by atoms with Crippen molar-refractivity contribution in [3.8, 4) is 16.9 Å². The van der Waals surface area contributed by atoms with Crippen molar-refractivity contribution in [1.29, 1.82) is 0 Å². The molecule has 5 rings (SSSR count).